The first kappa shape index (κ1) is 16.7. The summed E-state index contributed by atoms with van der Waals surface area (Å²) in [5.41, 5.74) is 1.28. The van der Waals surface area contributed by atoms with E-state index >= 15 is 0 Å². The van der Waals surface area contributed by atoms with Crippen molar-refractivity contribution in [1.29, 1.82) is 0 Å². The maximum absolute atomic E-state index is 11.1. The van der Waals surface area contributed by atoms with Crippen molar-refractivity contribution in [1.82, 2.24) is 4.90 Å². The SMILES string of the molecule is CCN(CC(C)C(=O)O)C(CC(C)C)c1ccccc1. The van der Waals surface area contributed by atoms with E-state index in [0.29, 0.717) is 18.5 Å². The van der Waals surface area contributed by atoms with Crippen molar-refractivity contribution >= 4 is 5.97 Å². The lowest BCUT2D eigenvalue weighted by Crippen LogP contribution is -2.35. The summed E-state index contributed by atoms with van der Waals surface area (Å²) in [6.45, 7) is 9.77. The number of carboxylic acids is 1. The minimum Gasteiger partial charge on any atom is -0.481 e. The molecule has 1 aromatic rings. The Kier molecular flexibility index (Phi) is 6.73. The average molecular weight is 277 g/mol. The van der Waals surface area contributed by atoms with Crippen molar-refractivity contribution in [2.24, 2.45) is 11.8 Å². The molecule has 0 aliphatic rings. The van der Waals surface area contributed by atoms with E-state index < -0.39 is 5.97 Å². The Morgan fingerprint density at radius 2 is 1.80 bits per heavy atom. The number of carboxylic acid groups (broad SMARTS) is 1. The van der Waals surface area contributed by atoms with Crippen LogP contribution in [0.3, 0.4) is 0 Å². The number of carbonyl (C=O) groups is 1. The van der Waals surface area contributed by atoms with Crippen LogP contribution in [0.5, 0.6) is 0 Å². The number of aliphatic carboxylic acids is 1. The maximum Gasteiger partial charge on any atom is 0.307 e. The molecular weight excluding hydrogens is 250 g/mol. The molecule has 0 aliphatic carbocycles. The van der Waals surface area contributed by atoms with Gasteiger partial charge in [-0.15, -0.1) is 0 Å². The van der Waals surface area contributed by atoms with Gasteiger partial charge in [-0.2, -0.15) is 0 Å². The van der Waals surface area contributed by atoms with Crippen molar-refractivity contribution in [3.8, 4) is 0 Å². The van der Waals surface area contributed by atoms with E-state index in [-0.39, 0.29) is 5.92 Å². The molecule has 0 saturated heterocycles. The summed E-state index contributed by atoms with van der Waals surface area (Å²) < 4.78 is 0. The van der Waals surface area contributed by atoms with Crippen LogP contribution < -0.4 is 0 Å². The lowest BCUT2D eigenvalue weighted by molar-refractivity contribution is -0.142. The standard InChI is InChI=1S/C17H27NO2/c1-5-18(12-14(4)17(19)20)16(11-13(2)3)15-9-7-6-8-10-15/h6-10,13-14,16H,5,11-12H2,1-4H3,(H,19,20). The highest BCUT2D eigenvalue weighted by Crippen LogP contribution is 2.28. The van der Waals surface area contributed by atoms with Gasteiger partial charge in [-0.1, -0.05) is 58.0 Å². The second-order valence-corrected chi connectivity index (χ2v) is 5.88. The summed E-state index contributed by atoms with van der Waals surface area (Å²) >= 11 is 0. The number of benzene rings is 1. The van der Waals surface area contributed by atoms with Gasteiger partial charge < -0.3 is 5.11 Å². The molecule has 0 bridgehead atoms. The molecule has 0 spiro atoms. The summed E-state index contributed by atoms with van der Waals surface area (Å²) in [6.07, 6.45) is 1.05. The zero-order valence-corrected chi connectivity index (χ0v) is 13.0. The molecule has 3 nitrogen and oxygen atoms in total. The van der Waals surface area contributed by atoms with E-state index in [2.05, 4.69) is 49.9 Å². The predicted molar refractivity (Wildman–Crippen MR) is 82.7 cm³/mol. The largest absolute Gasteiger partial charge is 0.481 e. The highest BCUT2D eigenvalue weighted by molar-refractivity contribution is 5.69. The summed E-state index contributed by atoms with van der Waals surface area (Å²) in [5.74, 6) is -0.484. The number of nitrogens with zero attached hydrogens (tertiary/aromatic N) is 1. The van der Waals surface area contributed by atoms with Gasteiger partial charge in [0.05, 0.1) is 5.92 Å². The summed E-state index contributed by atoms with van der Waals surface area (Å²) in [7, 11) is 0. The van der Waals surface area contributed by atoms with Crippen molar-refractivity contribution < 1.29 is 9.90 Å². The highest BCUT2D eigenvalue weighted by Gasteiger charge is 2.24. The first-order valence-electron chi connectivity index (χ1n) is 7.47. The fourth-order valence-corrected chi connectivity index (χ4v) is 2.52. The van der Waals surface area contributed by atoms with Gasteiger partial charge in [0, 0.05) is 12.6 Å². The zero-order valence-electron chi connectivity index (χ0n) is 13.0. The smallest absolute Gasteiger partial charge is 0.307 e. The molecule has 1 N–H and O–H groups in total. The van der Waals surface area contributed by atoms with Gasteiger partial charge in [-0.05, 0) is 24.4 Å². The highest BCUT2D eigenvalue weighted by atomic mass is 16.4. The minimum atomic E-state index is -0.722. The van der Waals surface area contributed by atoms with Crippen LogP contribution in [0, 0.1) is 11.8 Å². The van der Waals surface area contributed by atoms with Gasteiger partial charge in [-0.3, -0.25) is 9.69 Å². The van der Waals surface area contributed by atoms with E-state index in [1.165, 1.54) is 5.56 Å². The Morgan fingerprint density at radius 3 is 2.25 bits per heavy atom. The lowest BCUT2D eigenvalue weighted by atomic mass is 9.94. The molecule has 20 heavy (non-hydrogen) atoms. The molecule has 0 aromatic heterocycles. The molecule has 0 aliphatic heterocycles. The van der Waals surface area contributed by atoms with Gasteiger partial charge in [0.25, 0.3) is 0 Å². The van der Waals surface area contributed by atoms with Crippen LogP contribution in [0.25, 0.3) is 0 Å². The second-order valence-electron chi connectivity index (χ2n) is 5.88. The molecule has 0 saturated carbocycles. The Bertz CT molecular complexity index is 403. The van der Waals surface area contributed by atoms with Gasteiger partial charge in [-0.25, -0.2) is 0 Å². The third-order valence-electron chi connectivity index (χ3n) is 3.66. The Balaban J connectivity index is 2.92. The molecule has 1 aromatic carbocycles. The average Bonchev–Trinajstić information content (AvgIpc) is 2.42. The topological polar surface area (TPSA) is 40.5 Å². The van der Waals surface area contributed by atoms with E-state index in [9.17, 15) is 4.79 Å². The summed E-state index contributed by atoms with van der Waals surface area (Å²) in [6, 6.07) is 10.7. The first-order chi connectivity index (χ1) is 9.45. The molecule has 0 amide bonds. The van der Waals surface area contributed by atoms with Crippen LogP contribution in [0.15, 0.2) is 30.3 Å². The van der Waals surface area contributed by atoms with Crippen LogP contribution >= 0.6 is 0 Å². The first-order valence-corrected chi connectivity index (χ1v) is 7.47. The molecule has 112 valence electrons. The molecule has 0 heterocycles. The molecule has 1 rings (SSSR count). The normalized spacial score (nSPS) is 14.5. The monoisotopic (exact) mass is 277 g/mol. The van der Waals surface area contributed by atoms with Crippen molar-refractivity contribution in [2.75, 3.05) is 13.1 Å². The third kappa shape index (κ3) is 4.97. The number of hydrogen-bond acceptors (Lipinski definition) is 2. The Labute approximate surface area is 122 Å². The van der Waals surface area contributed by atoms with Gasteiger partial charge >= 0.3 is 5.97 Å². The van der Waals surface area contributed by atoms with Gasteiger partial charge in [0.1, 0.15) is 0 Å². The van der Waals surface area contributed by atoms with Crippen LogP contribution in [-0.4, -0.2) is 29.1 Å². The minimum absolute atomic E-state index is 0.294. The number of hydrogen-bond donors (Lipinski definition) is 1. The zero-order chi connectivity index (χ0) is 15.1. The van der Waals surface area contributed by atoms with Gasteiger partial charge in [0.15, 0.2) is 0 Å². The van der Waals surface area contributed by atoms with E-state index in [4.69, 9.17) is 5.11 Å². The molecule has 3 heteroatoms. The molecule has 2 unspecified atom stereocenters. The van der Waals surface area contributed by atoms with Crippen LogP contribution in [-0.2, 0) is 4.79 Å². The second kappa shape index (κ2) is 8.05. The quantitative estimate of drug-likeness (QED) is 0.785. The fraction of sp³-hybridized carbons (Fsp3) is 0.588. The van der Waals surface area contributed by atoms with Crippen LogP contribution in [0.2, 0.25) is 0 Å². The number of rotatable bonds is 8. The maximum atomic E-state index is 11.1. The lowest BCUT2D eigenvalue weighted by Gasteiger charge is -2.33. The molecular formula is C17H27NO2. The fourth-order valence-electron chi connectivity index (χ4n) is 2.52. The predicted octanol–water partition coefficient (Wildman–Crippen LogP) is 3.82. The summed E-state index contributed by atoms with van der Waals surface area (Å²) in [4.78, 5) is 13.4. The van der Waals surface area contributed by atoms with Crippen molar-refractivity contribution in [2.45, 2.75) is 40.2 Å². The summed E-state index contributed by atoms with van der Waals surface area (Å²) in [5, 5.41) is 9.13. The van der Waals surface area contributed by atoms with E-state index in [1.807, 2.05) is 6.07 Å². The molecule has 2 atom stereocenters. The van der Waals surface area contributed by atoms with Crippen molar-refractivity contribution in [3.05, 3.63) is 35.9 Å². The third-order valence-corrected chi connectivity index (χ3v) is 3.66. The molecule has 0 radical (unpaired) electrons. The van der Waals surface area contributed by atoms with Crippen LogP contribution in [0.4, 0.5) is 0 Å². The van der Waals surface area contributed by atoms with Crippen LogP contribution in [0.1, 0.15) is 45.7 Å². The van der Waals surface area contributed by atoms with E-state index in [1.54, 1.807) is 6.92 Å². The van der Waals surface area contributed by atoms with Gasteiger partial charge in [0.2, 0.25) is 0 Å². The van der Waals surface area contributed by atoms with E-state index in [0.717, 1.165) is 13.0 Å². The Hall–Kier alpha value is -1.35. The van der Waals surface area contributed by atoms with Crippen molar-refractivity contribution in [3.63, 3.8) is 0 Å². The molecule has 0 fully saturated rings. The Morgan fingerprint density at radius 1 is 1.20 bits per heavy atom.